The van der Waals surface area contributed by atoms with E-state index in [1.165, 1.54) is 37.5 Å². The van der Waals surface area contributed by atoms with Crippen molar-refractivity contribution in [1.29, 1.82) is 0 Å². The molecule has 0 amide bonds. The average Bonchev–Trinajstić information content (AvgIpc) is 2.37. The van der Waals surface area contributed by atoms with Gasteiger partial charge in [0.25, 0.3) is 0 Å². The number of alkyl halides is 5. The number of halogens is 5. The number of carbonyl (C=O) groups is 8. The molecule has 0 unspecified atom stereocenters. The first-order chi connectivity index (χ1) is 40.8. The molecule has 0 fully saturated rings. The fraction of sp³-hybridized carbons (Fsp3) is 0.127. The fourth-order valence-electron chi connectivity index (χ4n) is 6.47. The Labute approximate surface area is 500 Å². The van der Waals surface area contributed by atoms with E-state index in [-0.39, 0.29) is 29.3 Å². The number of Topliss-reactive ketones (excluding diaryl/α,β-unsaturated/α-hetero) is 1. The van der Waals surface area contributed by atoms with Crippen molar-refractivity contribution >= 4 is 95.4 Å². The summed E-state index contributed by atoms with van der Waals surface area (Å²) in [6, 6.07) is 45.0. The molecule has 0 aliphatic heterocycles. The number of imidazole rings is 1. The third kappa shape index (κ3) is 25.6. The Morgan fingerprint density at radius 3 is 1.41 bits per heavy atom. The zero-order valence-corrected chi connectivity index (χ0v) is 47.3. The van der Waals surface area contributed by atoms with Gasteiger partial charge in [-0.25, -0.2) is 33.8 Å². The summed E-state index contributed by atoms with van der Waals surface area (Å²) in [6.07, 6.45) is 7.35. The van der Waals surface area contributed by atoms with Gasteiger partial charge in [-0.2, -0.15) is 13.2 Å². The second-order valence-corrected chi connectivity index (χ2v) is 18.6. The van der Waals surface area contributed by atoms with Gasteiger partial charge in [0.15, 0.2) is 5.69 Å². The van der Waals surface area contributed by atoms with Gasteiger partial charge in [-0.1, -0.05) is 170 Å². The molecule has 0 aliphatic rings. The number of aromatic nitrogens is 2. The van der Waals surface area contributed by atoms with Crippen molar-refractivity contribution in [2.75, 3.05) is 7.11 Å². The van der Waals surface area contributed by atoms with Crippen LogP contribution in [0.4, 0.5) is 13.2 Å². The molecule has 0 spiro atoms. The summed E-state index contributed by atoms with van der Waals surface area (Å²) in [5, 5.41) is 44.5. The van der Waals surface area contributed by atoms with Crippen molar-refractivity contribution in [1.82, 2.24) is 9.97 Å². The molecule has 7 rings (SSSR count). The number of nitrogens with one attached hydrogen (secondary N) is 1. The molecule has 0 atom stereocenters. The van der Waals surface area contributed by atoms with E-state index in [9.17, 15) is 56.9 Å². The van der Waals surface area contributed by atoms with Crippen LogP contribution in [0.25, 0.3) is 46.9 Å². The predicted octanol–water partition coefficient (Wildman–Crippen LogP) is 11.8. The van der Waals surface area contributed by atoms with Gasteiger partial charge in [0.05, 0.1) is 7.11 Å². The number of aldehydes is 1. The number of rotatable bonds is 18. The topological polar surface area (TPSA) is 294 Å². The van der Waals surface area contributed by atoms with Crippen LogP contribution in [0, 0.1) is 0 Å². The van der Waals surface area contributed by atoms with Crippen LogP contribution >= 0.6 is 23.2 Å². The summed E-state index contributed by atoms with van der Waals surface area (Å²) in [5.41, 5.74) is 7.10. The lowest BCUT2D eigenvalue weighted by Gasteiger charge is -2.18. The highest BCUT2D eigenvalue weighted by molar-refractivity contribution is 6.43. The predicted molar refractivity (Wildman–Crippen MR) is 315 cm³/mol. The van der Waals surface area contributed by atoms with Crippen LogP contribution < -0.4 is 0 Å². The highest BCUT2D eigenvalue weighted by Gasteiger charge is 2.44. The van der Waals surface area contributed by atoms with Gasteiger partial charge < -0.3 is 44.7 Å². The van der Waals surface area contributed by atoms with Crippen LogP contribution in [-0.4, -0.2) is 107 Å². The maximum absolute atomic E-state index is 13.1. The number of carbonyl (C=O) groups excluding carboxylic acids is 5. The summed E-state index contributed by atoms with van der Waals surface area (Å²) in [6.45, 7) is 3.49. The summed E-state index contributed by atoms with van der Waals surface area (Å²) < 4.78 is 46.5. The molecule has 0 radical (unpaired) electrons. The molecule has 0 saturated heterocycles. The number of H-pyrrole nitrogens is 1. The van der Waals surface area contributed by atoms with E-state index in [0.717, 1.165) is 35.1 Å². The van der Waals surface area contributed by atoms with E-state index in [2.05, 4.69) is 14.7 Å². The van der Waals surface area contributed by atoms with Gasteiger partial charge in [0.1, 0.15) is 35.9 Å². The monoisotopic (exact) mass is 1220 g/mol. The molecule has 6 N–H and O–H groups in total. The minimum Gasteiger partial charge on any atom is -0.478 e. The van der Waals surface area contributed by atoms with E-state index in [4.69, 9.17) is 52.8 Å². The fourth-order valence-corrected chi connectivity index (χ4v) is 6.47. The lowest BCUT2D eigenvalue weighted by atomic mass is 10.0. The van der Waals surface area contributed by atoms with E-state index in [1.807, 2.05) is 49.4 Å². The number of nitrogens with zero attached hydrogens (tertiary/aromatic N) is 1. The molecule has 1 aromatic heterocycles. The Bertz CT molecular complexity index is 3470. The number of benzene rings is 6. The first kappa shape index (κ1) is 70.2. The van der Waals surface area contributed by atoms with E-state index in [1.54, 1.807) is 128 Å². The smallest absolute Gasteiger partial charge is 0.478 e. The molecule has 6 aromatic carbocycles. The molecule has 18 nitrogen and oxygen atoms in total. The summed E-state index contributed by atoms with van der Waals surface area (Å²) in [7, 11) is 1.32. The molecule has 1 heterocycles. The number of aliphatic hydroxyl groups is 2. The van der Waals surface area contributed by atoms with Crippen molar-refractivity contribution in [2.24, 2.45) is 0 Å². The number of hydrogen-bond acceptors (Lipinski definition) is 14. The number of carboxylic acid groups (broad SMARTS) is 3. The Kier molecular flexibility index (Phi) is 29.2. The van der Waals surface area contributed by atoms with Crippen molar-refractivity contribution in [3.8, 4) is 22.6 Å². The quantitative estimate of drug-likeness (QED) is 0.00680. The number of aliphatic carboxylic acids is 3. The molecule has 7 aromatic rings. The van der Waals surface area contributed by atoms with Crippen LogP contribution in [0.15, 0.2) is 182 Å². The maximum Gasteiger partial charge on any atom is 0.490 e. The van der Waals surface area contributed by atoms with Crippen molar-refractivity contribution in [3.63, 3.8) is 0 Å². The van der Waals surface area contributed by atoms with E-state index in [0.29, 0.717) is 44.9 Å². The number of allylic oxidation sites excluding steroid dienone is 1. The van der Waals surface area contributed by atoms with Gasteiger partial charge in [-0.05, 0) is 65.5 Å². The number of methoxy groups -OCH3 is 1. The average molecular weight is 1220 g/mol. The number of esters is 3. The molecule has 0 saturated carbocycles. The molecule has 448 valence electrons. The standard InChI is InChI=1S/C29H22N2O6.C19H18O5.C11H10O3.C2H4Cl2.C2HF3O2/c32-24(33)16-10-19-6-12-22(13-7-19)26-27(29(36)37-18-21-4-2-1-3-5-21)31-28(30-26)23-14-8-20(9-15-23)11-17-25(34)35;1-2-6-14-9-11-16(12-10-14)17(20)19(22,23)18(21)24-13-15-7-4-3-5-8-15;1-14-11(13)7-6-9-2-4-10(8-12)5-3-9;1-2(3)4;3-2(4,5)1(6)7/h1-17H,18H2,(H,30,31)(H,32,33)(H,34,35);2-12,22-23H,13H2,1H3;2-8H,1H3;2H,1H3;(H,6,7)/b16-10+,17-11+;6-2+;7-6+;;. The second kappa shape index (κ2) is 35.8. The summed E-state index contributed by atoms with van der Waals surface area (Å²) >= 11 is 10.1. The lowest BCUT2D eigenvalue weighted by molar-refractivity contribution is -0.193. The Hall–Kier alpha value is -10.1. The molecule has 23 heteroatoms. The molecule has 86 heavy (non-hydrogen) atoms. The van der Waals surface area contributed by atoms with Crippen molar-refractivity contribution in [3.05, 3.63) is 232 Å². The van der Waals surface area contributed by atoms with Gasteiger partial charge in [0, 0.05) is 40.5 Å². The first-order valence-electron chi connectivity index (χ1n) is 24.9. The minimum atomic E-state index is -5.08. The SMILES string of the molecule is C/C=C/c1ccc(C(=O)C(O)(O)C(=O)OCc2ccccc2)cc1.CC(Cl)Cl.COC(=O)/C=C/c1ccc(C=O)cc1.O=C(O)/C=C/c1ccc(-c2nc(-c3ccc(/C=C/C(=O)O)cc3)c(C(=O)OCc3ccccc3)[nH]2)cc1.O=C(O)C(F)(F)F. The Morgan fingerprint density at radius 1 is 0.593 bits per heavy atom. The third-order valence-electron chi connectivity index (χ3n) is 10.6. The summed E-state index contributed by atoms with van der Waals surface area (Å²) in [5.74, 6) is -11.1. The van der Waals surface area contributed by atoms with Gasteiger partial charge in [-0.15, -0.1) is 23.2 Å². The Morgan fingerprint density at radius 2 is 0.988 bits per heavy atom. The first-order valence-corrected chi connectivity index (χ1v) is 25.8. The lowest BCUT2D eigenvalue weighted by Crippen LogP contribution is -2.47. The highest BCUT2D eigenvalue weighted by atomic mass is 35.5. The number of ether oxygens (including phenoxy) is 3. The molecular weight excluding hydrogens is 1170 g/mol. The molecule has 0 bridgehead atoms. The van der Waals surface area contributed by atoms with Crippen LogP contribution in [0.1, 0.15) is 78.4 Å². The van der Waals surface area contributed by atoms with E-state index >= 15 is 0 Å². The number of carboxylic acids is 3. The zero-order valence-electron chi connectivity index (χ0n) is 45.8. The minimum absolute atomic E-state index is 0.00455. The number of aromatic amines is 1. The van der Waals surface area contributed by atoms with E-state index < -0.39 is 53.6 Å². The largest absolute Gasteiger partial charge is 0.490 e. The van der Waals surface area contributed by atoms with Gasteiger partial charge >= 0.3 is 47.8 Å². The van der Waals surface area contributed by atoms with Gasteiger partial charge in [0.2, 0.25) is 5.78 Å². The zero-order chi connectivity index (χ0) is 63.8. The maximum atomic E-state index is 13.1. The van der Waals surface area contributed by atoms with Gasteiger partial charge in [-0.3, -0.25) is 9.59 Å². The molecular formula is C63H55Cl2F3N2O16. The van der Waals surface area contributed by atoms with Crippen LogP contribution in [-0.2, 0) is 51.4 Å². The van der Waals surface area contributed by atoms with Crippen LogP contribution in [0.5, 0.6) is 0 Å². The third-order valence-corrected chi connectivity index (χ3v) is 10.6. The number of hydrogen-bond donors (Lipinski definition) is 6. The van der Waals surface area contributed by atoms with Crippen molar-refractivity contribution in [2.45, 2.75) is 43.9 Å². The second-order valence-electron chi connectivity index (χ2n) is 17.1. The summed E-state index contributed by atoms with van der Waals surface area (Å²) in [4.78, 5) is 96.1. The normalized spacial score (nSPS) is 11.0. The highest BCUT2D eigenvalue weighted by Crippen LogP contribution is 2.28. The van der Waals surface area contributed by atoms with Crippen LogP contribution in [0.3, 0.4) is 0 Å². The molecule has 0 aliphatic carbocycles. The number of ketones is 1. The van der Waals surface area contributed by atoms with Crippen molar-refractivity contribution < 1.29 is 91.3 Å². The van der Waals surface area contributed by atoms with Crippen LogP contribution in [0.2, 0.25) is 0 Å². The Balaban J connectivity index is 0.000000336.